The van der Waals surface area contributed by atoms with Gasteiger partial charge in [0, 0.05) is 11.1 Å². The molecule has 1 amide bonds. The molecule has 3 aromatic carbocycles. The zero-order valence-electron chi connectivity index (χ0n) is 23.9. The number of nitrogens with zero attached hydrogens (tertiary/aromatic N) is 3. The number of para-hydroxylation sites is 1. The molecule has 0 saturated heterocycles. The molecule has 0 aliphatic rings. The number of nitrogens with two attached hydrogens (primary N) is 1. The number of aryl methyl sites for hydroxylation is 1. The summed E-state index contributed by atoms with van der Waals surface area (Å²) in [6.45, 7) is 9.64. The highest BCUT2D eigenvalue weighted by Gasteiger charge is 2.19. The predicted molar refractivity (Wildman–Crippen MR) is 161 cm³/mol. The molecule has 1 aromatic heterocycles. The smallest absolute Gasteiger partial charge is 0.282 e. The van der Waals surface area contributed by atoms with Crippen LogP contribution in [0.25, 0.3) is 22.3 Å². The van der Waals surface area contributed by atoms with Crippen LogP contribution in [0.4, 0.5) is 0 Å². The van der Waals surface area contributed by atoms with Crippen molar-refractivity contribution in [2.45, 2.75) is 33.1 Å². The molecule has 0 aliphatic heterocycles. The number of benzene rings is 3. The highest BCUT2D eigenvalue weighted by Crippen LogP contribution is 2.35. The quantitative estimate of drug-likeness (QED) is 0.206. The molecular formula is C32H34N4O5. The summed E-state index contributed by atoms with van der Waals surface area (Å²) in [7, 11) is 3.15. The summed E-state index contributed by atoms with van der Waals surface area (Å²) in [5.74, 6) is 1.55. The average Bonchev–Trinajstić information content (AvgIpc) is 2.95. The summed E-state index contributed by atoms with van der Waals surface area (Å²) >= 11 is 0. The lowest BCUT2D eigenvalue weighted by molar-refractivity contribution is -0.119. The first kappa shape index (κ1) is 29.1. The fraction of sp³-hybridized carbons (Fsp3) is 0.250. The van der Waals surface area contributed by atoms with E-state index in [2.05, 4.69) is 25.5 Å². The van der Waals surface area contributed by atoms with E-state index in [1.807, 2.05) is 37.3 Å². The summed E-state index contributed by atoms with van der Waals surface area (Å²) in [4.78, 5) is 30.0. The number of primary amides is 1. The number of methoxy groups -OCH3 is 2. The molecule has 0 unspecified atom stereocenters. The van der Waals surface area contributed by atoms with Gasteiger partial charge in [-0.2, -0.15) is 9.78 Å². The standard InChI is InChI=1S/C32H34N4O5/c1-7-10-22-14-21(15-28(40-6)30(22)41-18-29(33)37)17-34-36-31(35-26-12-9-8-11-23(26)32(36)38)25-16-24(19(2)3)27(39-5)13-20(25)4/h7-9,11-17,19H,1,10,18H2,2-6H3,(H2,33,37). The molecule has 9 nitrogen and oxygen atoms in total. The van der Waals surface area contributed by atoms with Crippen LogP contribution in [0.1, 0.15) is 42.0 Å². The van der Waals surface area contributed by atoms with Crippen molar-refractivity contribution in [3.8, 4) is 28.6 Å². The van der Waals surface area contributed by atoms with Crippen molar-refractivity contribution in [2.75, 3.05) is 20.8 Å². The number of rotatable bonds is 11. The Morgan fingerprint density at radius 3 is 2.51 bits per heavy atom. The number of amides is 1. The molecule has 212 valence electrons. The number of hydrogen-bond acceptors (Lipinski definition) is 7. The Morgan fingerprint density at radius 1 is 1.12 bits per heavy atom. The lowest BCUT2D eigenvalue weighted by atomic mass is 9.96. The molecule has 0 bridgehead atoms. The third-order valence-corrected chi connectivity index (χ3v) is 6.61. The lowest BCUT2D eigenvalue weighted by Gasteiger charge is -2.17. The van der Waals surface area contributed by atoms with Crippen LogP contribution in [0.15, 0.2) is 71.1 Å². The molecule has 0 radical (unpaired) electrons. The number of fused-ring (bicyclic) bond motifs is 1. The normalized spacial score (nSPS) is 11.3. The van der Waals surface area contributed by atoms with Crippen molar-refractivity contribution in [2.24, 2.45) is 10.8 Å². The van der Waals surface area contributed by atoms with E-state index in [0.717, 1.165) is 28.0 Å². The number of allylic oxidation sites excluding steroid dienone is 1. The Hall–Kier alpha value is -4.92. The summed E-state index contributed by atoms with van der Waals surface area (Å²) in [5, 5.41) is 5.08. The van der Waals surface area contributed by atoms with Crippen molar-refractivity contribution < 1.29 is 19.0 Å². The van der Waals surface area contributed by atoms with Gasteiger partial charge in [0.25, 0.3) is 11.5 Å². The minimum atomic E-state index is -0.604. The van der Waals surface area contributed by atoms with Gasteiger partial charge in [0.1, 0.15) is 5.75 Å². The highest BCUT2D eigenvalue weighted by molar-refractivity contribution is 5.84. The topological polar surface area (TPSA) is 118 Å². The van der Waals surface area contributed by atoms with Gasteiger partial charge < -0.3 is 19.9 Å². The van der Waals surface area contributed by atoms with Gasteiger partial charge in [0.05, 0.1) is 31.3 Å². The van der Waals surface area contributed by atoms with Crippen LogP contribution in [0.3, 0.4) is 0 Å². The molecule has 0 aliphatic carbocycles. The van der Waals surface area contributed by atoms with Crippen LogP contribution < -0.4 is 25.5 Å². The van der Waals surface area contributed by atoms with Crippen LogP contribution in [0, 0.1) is 6.92 Å². The fourth-order valence-electron chi connectivity index (χ4n) is 4.62. The Balaban J connectivity index is 1.93. The molecule has 4 aromatic rings. The van der Waals surface area contributed by atoms with Crippen molar-refractivity contribution in [3.63, 3.8) is 0 Å². The minimum absolute atomic E-state index is 0.180. The number of carbonyl (C=O) groups is 1. The van der Waals surface area contributed by atoms with E-state index in [9.17, 15) is 9.59 Å². The van der Waals surface area contributed by atoms with E-state index in [-0.39, 0.29) is 18.1 Å². The van der Waals surface area contributed by atoms with Crippen LogP contribution in [0.5, 0.6) is 17.2 Å². The third kappa shape index (κ3) is 6.14. The first-order valence-corrected chi connectivity index (χ1v) is 13.2. The fourth-order valence-corrected chi connectivity index (χ4v) is 4.62. The molecule has 0 atom stereocenters. The zero-order valence-corrected chi connectivity index (χ0v) is 23.9. The monoisotopic (exact) mass is 554 g/mol. The minimum Gasteiger partial charge on any atom is -0.496 e. The Labute approximate surface area is 238 Å². The van der Waals surface area contributed by atoms with Gasteiger partial charge in [0.15, 0.2) is 23.9 Å². The van der Waals surface area contributed by atoms with Gasteiger partial charge in [-0.25, -0.2) is 4.98 Å². The number of hydrogen-bond donors (Lipinski definition) is 1. The predicted octanol–water partition coefficient (Wildman–Crippen LogP) is 4.99. The van der Waals surface area contributed by atoms with E-state index in [0.29, 0.717) is 40.2 Å². The molecule has 0 spiro atoms. The Morgan fingerprint density at radius 2 is 1.85 bits per heavy atom. The van der Waals surface area contributed by atoms with Crippen molar-refractivity contribution >= 4 is 23.0 Å². The lowest BCUT2D eigenvalue weighted by Crippen LogP contribution is -2.21. The van der Waals surface area contributed by atoms with Gasteiger partial charge in [-0.3, -0.25) is 9.59 Å². The second-order valence-electron chi connectivity index (χ2n) is 9.84. The number of ether oxygens (including phenoxy) is 3. The molecule has 0 saturated carbocycles. The largest absolute Gasteiger partial charge is 0.496 e. The van der Waals surface area contributed by atoms with Gasteiger partial charge in [0.2, 0.25) is 0 Å². The van der Waals surface area contributed by atoms with Crippen molar-refractivity contribution in [1.29, 1.82) is 0 Å². The van der Waals surface area contributed by atoms with Crippen molar-refractivity contribution in [3.05, 3.63) is 93.8 Å². The first-order valence-electron chi connectivity index (χ1n) is 13.2. The Bertz CT molecular complexity index is 1710. The maximum atomic E-state index is 13.8. The average molecular weight is 555 g/mol. The summed E-state index contributed by atoms with van der Waals surface area (Å²) in [5.41, 5.74) is 9.57. The Kier molecular flexibility index (Phi) is 8.87. The van der Waals surface area contributed by atoms with Crippen LogP contribution in [-0.2, 0) is 11.2 Å². The molecular weight excluding hydrogens is 520 g/mol. The van der Waals surface area contributed by atoms with Gasteiger partial charge in [-0.1, -0.05) is 32.1 Å². The molecule has 4 rings (SSSR count). The van der Waals surface area contributed by atoms with Crippen LogP contribution >= 0.6 is 0 Å². The van der Waals surface area contributed by atoms with E-state index in [4.69, 9.17) is 24.9 Å². The van der Waals surface area contributed by atoms with E-state index in [1.54, 1.807) is 37.6 Å². The highest BCUT2D eigenvalue weighted by atomic mass is 16.5. The van der Waals surface area contributed by atoms with E-state index in [1.165, 1.54) is 11.8 Å². The second kappa shape index (κ2) is 12.5. The maximum absolute atomic E-state index is 13.8. The SMILES string of the molecule is C=CCc1cc(C=Nn2c(-c3cc(C(C)C)c(OC)cc3C)nc3ccccc3c2=O)cc(OC)c1OCC(N)=O. The van der Waals surface area contributed by atoms with Gasteiger partial charge in [-0.15, -0.1) is 6.58 Å². The summed E-state index contributed by atoms with van der Waals surface area (Å²) < 4.78 is 18.1. The second-order valence-corrected chi connectivity index (χ2v) is 9.84. The van der Waals surface area contributed by atoms with Crippen LogP contribution in [-0.4, -0.2) is 42.6 Å². The van der Waals surface area contributed by atoms with Gasteiger partial charge in [-0.05, 0) is 72.4 Å². The van der Waals surface area contributed by atoms with Crippen LogP contribution in [0.2, 0.25) is 0 Å². The number of aromatic nitrogens is 2. The zero-order chi connectivity index (χ0) is 29.7. The molecule has 2 N–H and O–H groups in total. The number of carbonyl (C=O) groups excluding carboxylic acids is 1. The summed E-state index contributed by atoms with van der Waals surface area (Å²) in [6, 6.07) is 14.7. The molecule has 0 fully saturated rings. The molecule has 41 heavy (non-hydrogen) atoms. The first-order chi connectivity index (χ1) is 19.7. The van der Waals surface area contributed by atoms with Gasteiger partial charge >= 0.3 is 0 Å². The molecule has 1 heterocycles. The summed E-state index contributed by atoms with van der Waals surface area (Å²) in [6.07, 6.45) is 3.72. The van der Waals surface area contributed by atoms with Crippen molar-refractivity contribution in [1.82, 2.24) is 9.66 Å². The molecule has 9 heteroatoms. The third-order valence-electron chi connectivity index (χ3n) is 6.61. The van der Waals surface area contributed by atoms with E-state index < -0.39 is 5.91 Å². The van der Waals surface area contributed by atoms with E-state index >= 15 is 0 Å². The maximum Gasteiger partial charge on any atom is 0.282 e.